The molecule has 0 saturated carbocycles. The van der Waals surface area contributed by atoms with Crippen molar-refractivity contribution in [1.82, 2.24) is 0 Å². The van der Waals surface area contributed by atoms with E-state index in [0.717, 1.165) is 17.9 Å². The number of anilines is 1. The first kappa shape index (κ1) is 13.4. The number of aliphatic carboxylic acids is 1. The minimum absolute atomic E-state index is 0.135. The molecule has 0 radical (unpaired) electrons. The highest BCUT2D eigenvalue weighted by atomic mass is 16.5. The molecule has 0 atom stereocenters. The van der Waals surface area contributed by atoms with Crippen LogP contribution in [0.4, 0.5) is 5.69 Å². The van der Waals surface area contributed by atoms with E-state index in [0.29, 0.717) is 13.2 Å². The van der Waals surface area contributed by atoms with Crippen molar-refractivity contribution in [2.24, 2.45) is 0 Å². The van der Waals surface area contributed by atoms with E-state index in [9.17, 15) is 4.79 Å². The molecule has 1 N–H and O–H groups in total. The summed E-state index contributed by atoms with van der Waals surface area (Å²) in [7, 11) is 1.88. The molecule has 1 aromatic carbocycles. The minimum atomic E-state index is -0.782. The van der Waals surface area contributed by atoms with Crippen LogP contribution in [0.15, 0.2) is 24.3 Å². The van der Waals surface area contributed by atoms with E-state index in [2.05, 4.69) is 6.92 Å². The molecule has 4 heteroatoms. The van der Waals surface area contributed by atoms with Crippen LogP contribution in [0.25, 0.3) is 0 Å². The number of carboxylic acids is 1. The Morgan fingerprint density at radius 1 is 1.47 bits per heavy atom. The number of carbonyl (C=O) groups is 1. The fourth-order valence-electron chi connectivity index (χ4n) is 1.42. The van der Waals surface area contributed by atoms with Crippen LogP contribution in [-0.2, 0) is 4.79 Å². The number of nitrogens with zero attached hydrogens (tertiary/aromatic N) is 1. The molecular formula is C13H19NO3. The van der Waals surface area contributed by atoms with E-state index in [-0.39, 0.29) is 6.42 Å². The minimum Gasteiger partial charge on any atom is -0.494 e. The second-order valence-electron chi connectivity index (χ2n) is 3.91. The first-order valence-electron chi connectivity index (χ1n) is 5.79. The van der Waals surface area contributed by atoms with E-state index in [1.165, 1.54) is 0 Å². The lowest BCUT2D eigenvalue weighted by Crippen LogP contribution is -2.20. The predicted molar refractivity (Wildman–Crippen MR) is 67.8 cm³/mol. The van der Waals surface area contributed by atoms with Gasteiger partial charge in [-0.05, 0) is 18.6 Å². The number of hydrogen-bond donors (Lipinski definition) is 1. The zero-order chi connectivity index (χ0) is 12.7. The molecule has 0 aliphatic heterocycles. The molecule has 0 amide bonds. The van der Waals surface area contributed by atoms with Gasteiger partial charge in [-0.3, -0.25) is 4.79 Å². The molecule has 0 spiro atoms. The third-order valence-corrected chi connectivity index (χ3v) is 2.39. The molecule has 0 aliphatic carbocycles. The number of benzene rings is 1. The van der Waals surface area contributed by atoms with Crippen LogP contribution in [0.3, 0.4) is 0 Å². The Labute approximate surface area is 102 Å². The van der Waals surface area contributed by atoms with E-state index in [4.69, 9.17) is 9.84 Å². The van der Waals surface area contributed by atoms with Gasteiger partial charge in [0, 0.05) is 25.3 Å². The topological polar surface area (TPSA) is 49.8 Å². The first-order valence-corrected chi connectivity index (χ1v) is 5.79. The monoisotopic (exact) mass is 237 g/mol. The maximum absolute atomic E-state index is 10.5. The SMILES string of the molecule is CCCOc1cccc(N(C)CCC(=O)O)c1. The van der Waals surface area contributed by atoms with Gasteiger partial charge in [-0.25, -0.2) is 0 Å². The smallest absolute Gasteiger partial charge is 0.305 e. The average Bonchev–Trinajstić information content (AvgIpc) is 2.33. The molecule has 0 saturated heterocycles. The summed E-state index contributed by atoms with van der Waals surface area (Å²) in [6.45, 7) is 3.25. The number of hydrogen-bond acceptors (Lipinski definition) is 3. The Balaban J connectivity index is 2.60. The quantitative estimate of drug-likeness (QED) is 0.791. The van der Waals surface area contributed by atoms with Gasteiger partial charge in [0.25, 0.3) is 0 Å². The van der Waals surface area contributed by atoms with Crippen molar-refractivity contribution in [1.29, 1.82) is 0 Å². The van der Waals surface area contributed by atoms with Crippen LogP contribution in [0, 0.1) is 0 Å². The summed E-state index contributed by atoms with van der Waals surface area (Å²) in [6, 6.07) is 7.69. The van der Waals surface area contributed by atoms with Gasteiger partial charge in [0.1, 0.15) is 5.75 Å². The van der Waals surface area contributed by atoms with Gasteiger partial charge in [-0.1, -0.05) is 13.0 Å². The van der Waals surface area contributed by atoms with Crippen LogP contribution in [0.5, 0.6) is 5.75 Å². The first-order chi connectivity index (χ1) is 8.13. The molecular weight excluding hydrogens is 218 g/mol. The molecule has 0 bridgehead atoms. The average molecular weight is 237 g/mol. The number of carboxylic acid groups (broad SMARTS) is 1. The number of ether oxygens (including phenoxy) is 1. The van der Waals surface area contributed by atoms with Crippen molar-refractivity contribution >= 4 is 11.7 Å². The zero-order valence-corrected chi connectivity index (χ0v) is 10.3. The molecule has 0 unspecified atom stereocenters. The fourth-order valence-corrected chi connectivity index (χ4v) is 1.42. The van der Waals surface area contributed by atoms with Gasteiger partial charge >= 0.3 is 5.97 Å². The largest absolute Gasteiger partial charge is 0.494 e. The lowest BCUT2D eigenvalue weighted by atomic mass is 10.2. The van der Waals surface area contributed by atoms with Gasteiger partial charge in [0.2, 0.25) is 0 Å². The van der Waals surface area contributed by atoms with Gasteiger partial charge in [0.15, 0.2) is 0 Å². The summed E-state index contributed by atoms with van der Waals surface area (Å²) >= 11 is 0. The maximum atomic E-state index is 10.5. The summed E-state index contributed by atoms with van der Waals surface area (Å²) in [5.41, 5.74) is 0.972. The molecule has 1 aromatic rings. The molecule has 0 aliphatic rings. The van der Waals surface area contributed by atoms with Crippen molar-refractivity contribution in [2.45, 2.75) is 19.8 Å². The van der Waals surface area contributed by atoms with Crippen molar-refractivity contribution in [3.8, 4) is 5.75 Å². The highest BCUT2D eigenvalue weighted by Gasteiger charge is 2.04. The zero-order valence-electron chi connectivity index (χ0n) is 10.3. The molecule has 4 nitrogen and oxygen atoms in total. The molecule has 0 heterocycles. The Morgan fingerprint density at radius 2 is 2.24 bits per heavy atom. The third kappa shape index (κ3) is 4.76. The number of rotatable bonds is 7. The molecule has 94 valence electrons. The lowest BCUT2D eigenvalue weighted by Gasteiger charge is -2.19. The Hall–Kier alpha value is -1.71. The Bertz CT molecular complexity index is 365. The van der Waals surface area contributed by atoms with Gasteiger partial charge in [-0.2, -0.15) is 0 Å². The summed E-state index contributed by atoms with van der Waals surface area (Å²) in [5.74, 6) is 0.0433. The summed E-state index contributed by atoms with van der Waals surface area (Å²) < 4.78 is 5.53. The van der Waals surface area contributed by atoms with Crippen molar-refractivity contribution in [2.75, 3.05) is 25.1 Å². The summed E-state index contributed by atoms with van der Waals surface area (Å²) in [5, 5.41) is 8.63. The van der Waals surface area contributed by atoms with Crippen LogP contribution < -0.4 is 9.64 Å². The summed E-state index contributed by atoms with van der Waals surface area (Å²) in [6.07, 6.45) is 1.11. The Morgan fingerprint density at radius 3 is 2.88 bits per heavy atom. The maximum Gasteiger partial charge on any atom is 0.305 e. The molecule has 17 heavy (non-hydrogen) atoms. The second kappa shape index (κ2) is 6.78. The molecule has 0 aromatic heterocycles. The normalized spacial score (nSPS) is 10.0. The lowest BCUT2D eigenvalue weighted by molar-refractivity contribution is -0.136. The van der Waals surface area contributed by atoms with E-state index < -0.39 is 5.97 Å². The van der Waals surface area contributed by atoms with Crippen molar-refractivity contribution < 1.29 is 14.6 Å². The fraction of sp³-hybridized carbons (Fsp3) is 0.462. The van der Waals surface area contributed by atoms with Crippen LogP contribution >= 0.6 is 0 Å². The van der Waals surface area contributed by atoms with Gasteiger partial charge in [0.05, 0.1) is 13.0 Å². The second-order valence-corrected chi connectivity index (χ2v) is 3.91. The highest BCUT2D eigenvalue weighted by molar-refractivity contribution is 5.67. The standard InChI is InChI=1S/C13H19NO3/c1-3-9-17-12-6-4-5-11(10-12)14(2)8-7-13(15)16/h4-6,10H,3,7-9H2,1-2H3,(H,15,16). The van der Waals surface area contributed by atoms with E-state index in [1.54, 1.807) is 0 Å². The van der Waals surface area contributed by atoms with Gasteiger partial charge in [-0.15, -0.1) is 0 Å². The molecule has 0 fully saturated rings. The van der Waals surface area contributed by atoms with Crippen molar-refractivity contribution in [3.05, 3.63) is 24.3 Å². The highest BCUT2D eigenvalue weighted by Crippen LogP contribution is 2.20. The van der Waals surface area contributed by atoms with Crippen LogP contribution in [-0.4, -0.2) is 31.3 Å². The van der Waals surface area contributed by atoms with E-state index >= 15 is 0 Å². The summed E-state index contributed by atoms with van der Waals surface area (Å²) in [4.78, 5) is 12.4. The van der Waals surface area contributed by atoms with Crippen LogP contribution in [0.1, 0.15) is 19.8 Å². The van der Waals surface area contributed by atoms with E-state index in [1.807, 2.05) is 36.2 Å². The van der Waals surface area contributed by atoms with Crippen molar-refractivity contribution in [3.63, 3.8) is 0 Å². The van der Waals surface area contributed by atoms with Crippen LogP contribution in [0.2, 0.25) is 0 Å². The molecule has 1 rings (SSSR count). The third-order valence-electron chi connectivity index (χ3n) is 2.39. The predicted octanol–water partition coefficient (Wildman–Crippen LogP) is 2.39. The Kier molecular flexibility index (Phi) is 5.33. The van der Waals surface area contributed by atoms with Gasteiger partial charge < -0.3 is 14.7 Å².